The predicted octanol–water partition coefficient (Wildman–Crippen LogP) is 4.84. The summed E-state index contributed by atoms with van der Waals surface area (Å²) in [5.74, 6) is 1.48. The lowest BCUT2D eigenvalue weighted by Crippen LogP contribution is -2.28. The summed E-state index contributed by atoms with van der Waals surface area (Å²) in [6.45, 7) is 5.78. The van der Waals surface area contributed by atoms with E-state index in [9.17, 15) is 0 Å². The zero-order valence-corrected chi connectivity index (χ0v) is 18.0. The summed E-state index contributed by atoms with van der Waals surface area (Å²) in [5, 5.41) is 1.63. The Hall–Kier alpha value is -1.73. The summed E-state index contributed by atoms with van der Waals surface area (Å²) in [7, 11) is 1.66. The molecule has 0 amide bonds. The maximum atomic E-state index is 5.83. The molecule has 1 saturated heterocycles. The Labute approximate surface area is 172 Å². The van der Waals surface area contributed by atoms with Crippen molar-refractivity contribution in [1.82, 2.24) is 9.88 Å². The molecule has 27 heavy (non-hydrogen) atoms. The molecule has 2 aliphatic heterocycles. The number of methoxy groups -OCH3 is 1. The van der Waals surface area contributed by atoms with Gasteiger partial charge in [0.1, 0.15) is 6.04 Å². The number of hydrogen-bond donors (Lipinski definition) is 0. The Bertz CT molecular complexity index is 862. The molecule has 0 aliphatic carbocycles. The molecule has 0 spiro atoms. The minimum absolute atomic E-state index is 0.0413. The number of hydrogen-bond acceptors (Lipinski definition) is 6. The monoisotopic (exact) mass is 447 g/mol. The van der Waals surface area contributed by atoms with Gasteiger partial charge in [0.15, 0.2) is 16.7 Å². The second-order valence-electron chi connectivity index (χ2n) is 6.59. The summed E-state index contributed by atoms with van der Waals surface area (Å²) in [4.78, 5) is 12.0. The van der Waals surface area contributed by atoms with Crippen molar-refractivity contribution in [3.8, 4) is 11.5 Å². The lowest BCUT2D eigenvalue weighted by Gasteiger charge is -2.29. The standard InChI is InChI=1S/C20H22BrN3O2S/c1-4-26-17-9-13(14(21)10-16(17)25-3)19-18(15-7-5-6-8-22-15)23-20-24(19)11-12(2)27-20/h5-10,12,18-19H,4,11H2,1-3H3/t12-,18-,19-/m1/s1. The Balaban J connectivity index is 1.81. The van der Waals surface area contributed by atoms with E-state index in [1.165, 1.54) is 0 Å². The summed E-state index contributed by atoms with van der Waals surface area (Å²) in [6, 6.07) is 10.1. The first-order chi connectivity index (χ1) is 13.1. The van der Waals surface area contributed by atoms with Gasteiger partial charge in [0.2, 0.25) is 0 Å². The van der Waals surface area contributed by atoms with E-state index in [1.807, 2.05) is 43.1 Å². The molecule has 3 heterocycles. The highest BCUT2D eigenvalue weighted by molar-refractivity contribution is 9.10. The average molecular weight is 448 g/mol. The fourth-order valence-corrected chi connectivity index (χ4v) is 5.31. The number of nitrogens with zero attached hydrogens (tertiary/aromatic N) is 3. The van der Waals surface area contributed by atoms with Crippen molar-refractivity contribution in [3.63, 3.8) is 0 Å². The highest BCUT2D eigenvalue weighted by Gasteiger charge is 2.44. The Morgan fingerprint density at radius 3 is 2.85 bits per heavy atom. The van der Waals surface area contributed by atoms with Gasteiger partial charge in [-0.3, -0.25) is 9.98 Å². The van der Waals surface area contributed by atoms with Crippen molar-refractivity contribution in [2.45, 2.75) is 31.2 Å². The van der Waals surface area contributed by atoms with E-state index >= 15 is 0 Å². The molecular weight excluding hydrogens is 426 g/mol. The summed E-state index contributed by atoms with van der Waals surface area (Å²) < 4.78 is 12.3. The van der Waals surface area contributed by atoms with Gasteiger partial charge in [-0.05, 0) is 36.8 Å². The van der Waals surface area contributed by atoms with Gasteiger partial charge in [-0.1, -0.05) is 40.7 Å². The highest BCUT2D eigenvalue weighted by Crippen LogP contribution is 2.50. The summed E-state index contributed by atoms with van der Waals surface area (Å²) >= 11 is 5.59. The van der Waals surface area contributed by atoms with Crippen LogP contribution in [0.25, 0.3) is 0 Å². The van der Waals surface area contributed by atoms with Gasteiger partial charge >= 0.3 is 0 Å². The molecule has 1 aromatic heterocycles. The van der Waals surface area contributed by atoms with Crippen LogP contribution in [-0.2, 0) is 0 Å². The van der Waals surface area contributed by atoms with Crippen molar-refractivity contribution < 1.29 is 9.47 Å². The number of benzene rings is 1. The lowest BCUT2D eigenvalue weighted by atomic mass is 9.96. The molecule has 0 unspecified atom stereocenters. The average Bonchev–Trinajstić information content (AvgIpc) is 3.20. The zero-order valence-electron chi connectivity index (χ0n) is 15.6. The number of ether oxygens (including phenoxy) is 2. The van der Waals surface area contributed by atoms with Gasteiger partial charge in [0.25, 0.3) is 0 Å². The van der Waals surface area contributed by atoms with Crippen molar-refractivity contribution >= 4 is 32.9 Å². The number of halogens is 1. The fourth-order valence-electron chi connectivity index (χ4n) is 3.66. The van der Waals surface area contributed by atoms with Gasteiger partial charge in [0.05, 0.1) is 25.5 Å². The Morgan fingerprint density at radius 1 is 1.30 bits per heavy atom. The number of aliphatic imine (C=N–C) groups is 1. The van der Waals surface area contributed by atoms with E-state index in [-0.39, 0.29) is 12.1 Å². The molecule has 1 fully saturated rings. The van der Waals surface area contributed by atoms with Crippen LogP contribution in [0.15, 0.2) is 46.0 Å². The van der Waals surface area contributed by atoms with Crippen LogP contribution in [0.2, 0.25) is 0 Å². The first-order valence-electron chi connectivity index (χ1n) is 9.04. The molecule has 142 valence electrons. The van der Waals surface area contributed by atoms with Crippen LogP contribution in [0.5, 0.6) is 11.5 Å². The number of amidine groups is 1. The third-order valence-corrected chi connectivity index (χ3v) is 6.57. The normalized spacial score (nSPS) is 23.9. The number of fused-ring (bicyclic) bond motifs is 1. The molecule has 0 radical (unpaired) electrons. The highest BCUT2D eigenvalue weighted by atomic mass is 79.9. The van der Waals surface area contributed by atoms with Gasteiger partial charge in [-0.15, -0.1) is 0 Å². The molecule has 4 rings (SSSR count). The largest absolute Gasteiger partial charge is 0.493 e. The third kappa shape index (κ3) is 3.43. The van der Waals surface area contributed by atoms with Gasteiger partial charge in [-0.25, -0.2) is 0 Å². The first kappa shape index (κ1) is 18.6. The van der Waals surface area contributed by atoms with E-state index in [4.69, 9.17) is 14.5 Å². The van der Waals surface area contributed by atoms with E-state index in [1.54, 1.807) is 7.11 Å². The van der Waals surface area contributed by atoms with Crippen LogP contribution in [-0.4, -0.2) is 40.6 Å². The maximum Gasteiger partial charge on any atom is 0.161 e. The molecule has 0 N–H and O–H groups in total. The summed E-state index contributed by atoms with van der Waals surface area (Å²) in [5.41, 5.74) is 2.13. The molecule has 2 aliphatic rings. The second-order valence-corrected chi connectivity index (χ2v) is 8.85. The molecule has 1 aromatic carbocycles. The number of aromatic nitrogens is 1. The molecule has 5 nitrogen and oxygen atoms in total. The molecule has 7 heteroatoms. The van der Waals surface area contributed by atoms with E-state index < -0.39 is 0 Å². The topological polar surface area (TPSA) is 47.0 Å². The number of pyridine rings is 1. The Kier molecular flexibility index (Phi) is 5.32. The van der Waals surface area contributed by atoms with Crippen LogP contribution in [0, 0.1) is 0 Å². The van der Waals surface area contributed by atoms with Gasteiger partial charge < -0.3 is 14.4 Å². The van der Waals surface area contributed by atoms with E-state index in [2.05, 4.69) is 44.9 Å². The zero-order chi connectivity index (χ0) is 19.0. The molecule has 0 saturated carbocycles. The van der Waals surface area contributed by atoms with Gasteiger partial charge in [-0.2, -0.15) is 0 Å². The first-order valence-corrected chi connectivity index (χ1v) is 10.7. The van der Waals surface area contributed by atoms with Crippen molar-refractivity contribution in [3.05, 3.63) is 52.3 Å². The minimum Gasteiger partial charge on any atom is -0.493 e. The molecular formula is C20H22BrN3O2S. The van der Waals surface area contributed by atoms with Crippen LogP contribution in [0.4, 0.5) is 0 Å². The van der Waals surface area contributed by atoms with Crippen LogP contribution < -0.4 is 9.47 Å². The smallest absolute Gasteiger partial charge is 0.161 e. The molecule has 0 bridgehead atoms. The summed E-state index contributed by atoms with van der Waals surface area (Å²) in [6.07, 6.45) is 1.83. The van der Waals surface area contributed by atoms with Crippen LogP contribution in [0.1, 0.15) is 37.2 Å². The van der Waals surface area contributed by atoms with Crippen molar-refractivity contribution in [2.75, 3.05) is 20.3 Å². The SMILES string of the molecule is CCOc1cc([C@@H]2[C@@H](c3ccccn3)N=C3S[C@H](C)CN32)c(Br)cc1OC. The number of rotatable bonds is 5. The third-order valence-electron chi connectivity index (χ3n) is 4.78. The quantitative estimate of drug-likeness (QED) is 0.655. The van der Waals surface area contributed by atoms with E-state index in [0.717, 1.165) is 38.9 Å². The fraction of sp³-hybridized carbons (Fsp3) is 0.400. The van der Waals surface area contributed by atoms with Crippen molar-refractivity contribution in [2.24, 2.45) is 4.99 Å². The lowest BCUT2D eigenvalue weighted by molar-refractivity contribution is 0.301. The number of thioether (sulfide) groups is 1. The van der Waals surface area contributed by atoms with E-state index in [0.29, 0.717) is 11.9 Å². The Morgan fingerprint density at radius 2 is 2.15 bits per heavy atom. The maximum absolute atomic E-state index is 5.83. The van der Waals surface area contributed by atoms with Crippen LogP contribution in [0.3, 0.4) is 0 Å². The van der Waals surface area contributed by atoms with Crippen LogP contribution >= 0.6 is 27.7 Å². The minimum atomic E-state index is -0.0413. The van der Waals surface area contributed by atoms with Gasteiger partial charge in [0, 0.05) is 22.5 Å². The molecule has 2 aromatic rings. The second kappa shape index (κ2) is 7.72. The van der Waals surface area contributed by atoms with Crippen molar-refractivity contribution in [1.29, 1.82) is 0 Å². The predicted molar refractivity (Wildman–Crippen MR) is 113 cm³/mol. The molecule has 3 atom stereocenters.